The number of carboxylic acids is 1. The van der Waals surface area contributed by atoms with Crippen LogP contribution in [0.4, 0.5) is 0 Å². The minimum Gasteiger partial charge on any atom is -0.478 e. The number of benzene rings is 2. The molecule has 0 aliphatic rings. The number of amides is 1. The van der Waals surface area contributed by atoms with Crippen molar-refractivity contribution in [1.82, 2.24) is 20.2 Å². The fourth-order valence-corrected chi connectivity index (χ4v) is 3.42. The number of hydrazone groups is 1. The van der Waals surface area contributed by atoms with Gasteiger partial charge in [0.2, 0.25) is 0 Å². The third kappa shape index (κ3) is 5.08. The Labute approximate surface area is 171 Å². The fourth-order valence-electron chi connectivity index (χ4n) is 2.62. The Hall–Kier alpha value is -3.46. The molecule has 3 aromatic rings. The van der Waals surface area contributed by atoms with E-state index in [2.05, 4.69) is 20.7 Å². The van der Waals surface area contributed by atoms with Gasteiger partial charge in [-0.15, -0.1) is 10.2 Å². The summed E-state index contributed by atoms with van der Waals surface area (Å²) in [7, 11) is 0. The molecule has 0 saturated carbocycles. The van der Waals surface area contributed by atoms with Gasteiger partial charge in [0.25, 0.3) is 5.91 Å². The van der Waals surface area contributed by atoms with E-state index in [0.717, 1.165) is 11.4 Å². The van der Waals surface area contributed by atoms with E-state index in [1.54, 1.807) is 18.2 Å². The van der Waals surface area contributed by atoms with Crippen LogP contribution in [0.3, 0.4) is 0 Å². The lowest BCUT2D eigenvalue weighted by molar-refractivity contribution is -0.118. The first kappa shape index (κ1) is 20.3. The van der Waals surface area contributed by atoms with Gasteiger partial charge in [0.05, 0.1) is 17.5 Å². The summed E-state index contributed by atoms with van der Waals surface area (Å²) in [6.45, 7) is 2.66. The quantitative estimate of drug-likeness (QED) is 0.336. The number of thioether (sulfide) groups is 1. The second kappa shape index (κ2) is 9.65. The molecule has 0 aliphatic heterocycles. The summed E-state index contributed by atoms with van der Waals surface area (Å²) < 4.78 is 1.94. The summed E-state index contributed by atoms with van der Waals surface area (Å²) in [5.41, 5.74) is 3.88. The first-order valence-electron chi connectivity index (χ1n) is 8.85. The molecule has 0 atom stereocenters. The molecule has 0 bridgehead atoms. The fraction of sp³-hybridized carbons (Fsp3) is 0.150. The SMILES string of the molecule is CCn1c(SCC(=O)NN=Cc2ccccc2C(=O)O)nnc1-c1ccccc1. The lowest BCUT2D eigenvalue weighted by Crippen LogP contribution is -2.20. The van der Waals surface area contributed by atoms with Gasteiger partial charge in [-0.25, -0.2) is 10.2 Å². The third-order valence-corrected chi connectivity index (χ3v) is 4.95. The number of carbonyl (C=O) groups excluding carboxylic acids is 1. The monoisotopic (exact) mass is 409 g/mol. The molecule has 29 heavy (non-hydrogen) atoms. The highest BCUT2D eigenvalue weighted by Crippen LogP contribution is 2.23. The van der Waals surface area contributed by atoms with Crippen LogP contribution in [0, 0.1) is 0 Å². The Morgan fingerprint density at radius 1 is 1.14 bits per heavy atom. The highest BCUT2D eigenvalue weighted by atomic mass is 32.2. The van der Waals surface area contributed by atoms with Crippen LogP contribution in [-0.4, -0.2) is 43.7 Å². The van der Waals surface area contributed by atoms with E-state index in [0.29, 0.717) is 17.3 Å². The molecule has 3 rings (SSSR count). The van der Waals surface area contributed by atoms with Gasteiger partial charge in [-0.2, -0.15) is 5.10 Å². The van der Waals surface area contributed by atoms with Gasteiger partial charge in [-0.3, -0.25) is 4.79 Å². The van der Waals surface area contributed by atoms with Gasteiger partial charge in [-0.1, -0.05) is 60.3 Å². The maximum Gasteiger partial charge on any atom is 0.336 e. The van der Waals surface area contributed by atoms with Crippen molar-refractivity contribution in [3.8, 4) is 11.4 Å². The van der Waals surface area contributed by atoms with E-state index >= 15 is 0 Å². The lowest BCUT2D eigenvalue weighted by Gasteiger charge is -2.07. The Morgan fingerprint density at radius 3 is 2.59 bits per heavy atom. The predicted molar refractivity (Wildman–Crippen MR) is 111 cm³/mol. The highest BCUT2D eigenvalue weighted by Gasteiger charge is 2.14. The van der Waals surface area contributed by atoms with Gasteiger partial charge in [0, 0.05) is 17.7 Å². The second-order valence-electron chi connectivity index (χ2n) is 5.89. The van der Waals surface area contributed by atoms with Crippen LogP contribution in [0.2, 0.25) is 0 Å². The number of hydrogen-bond acceptors (Lipinski definition) is 6. The maximum atomic E-state index is 12.1. The van der Waals surface area contributed by atoms with Gasteiger partial charge in [-0.05, 0) is 13.0 Å². The molecule has 1 heterocycles. The molecule has 0 saturated heterocycles. The van der Waals surface area contributed by atoms with Crippen LogP contribution in [0.15, 0.2) is 64.9 Å². The maximum absolute atomic E-state index is 12.1. The van der Waals surface area contributed by atoms with Crippen LogP contribution in [0.1, 0.15) is 22.8 Å². The molecule has 148 valence electrons. The molecule has 0 unspecified atom stereocenters. The number of carboxylic acid groups (broad SMARTS) is 1. The number of nitrogens with zero attached hydrogens (tertiary/aromatic N) is 4. The van der Waals surface area contributed by atoms with E-state index in [4.69, 9.17) is 5.11 Å². The Balaban J connectivity index is 1.60. The van der Waals surface area contributed by atoms with Gasteiger partial charge in [0.1, 0.15) is 0 Å². The zero-order chi connectivity index (χ0) is 20.6. The van der Waals surface area contributed by atoms with Crippen LogP contribution >= 0.6 is 11.8 Å². The van der Waals surface area contributed by atoms with Gasteiger partial charge in [0.15, 0.2) is 11.0 Å². The normalized spacial score (nSPS) is 10.9. The van der Waals surface area contributed by atoms with Crippen LogP contribution < -0.4 is 5.43 Å². The third-order valence-electron chi connectivity index (χ3n) is 3.98. The highest BCUT2D eigenvalue weighted by molar-refractivity contribution is 7.99. The molecule has 1 aromatic heterocycles. The molecule has 0 fully saturated rings. The molecule has 9 heteroatoms. The van der Waals surface area contributed by atoms with Crippen LogP contribution in [-0.2, 0) is 11.3 Å². The molecule has 0 spiro atoms. The number of carbonyl (C=O) groups is 2. The van der Waals surface area contributed by atoms with Crippen molar-refractivity contribution in [2.24, 2.45) is 5.10 Å². The Morgan fingerprint density at radius 2 is 1.86 bits per heavy atom. The number of hydrogen-bond donors (Lipinski definition) is 2. The number of rotatable bonds is 8. The summed E-state index contributed by atoms with van der Waals surface area (Å²) in [4.78, 5) is 23.3. The predicted octanol–water partition coefficient (Wildman–Crippen LogP) is 2.91. The van der Waals surface area contributed by atoms with E-state index in [1.807, 2.05) is 41.8 Å². The van der Waals surface area contributed by atoms with Crippen molar-refractivity contribution in [1.29, 1.82) is 0 Å². The molecule has 2 aromatic carbocycles. The number of aromatic nitrogens is 3. The zero-order valence-corrected chi connectivity index (χ0v) is 16.5. The van der Waals surface area contributed by atoms with Crippen molar-refractivity contribution >= 4 is 29.9 Å². The minimum absolute atomic E-state index is 0.102. The zero-order valence-electron chi connectivity index (χ0n) is 15.6. The van der Waals surface area contributed by atoms with Crippen molar-refractivity contribution < 1.29 is 14.7 Å². The summed E-state index contributed by atoms with van der Waals surface area (Å²) >= 11 is 1.26. The smallest absolute Gasteiger partial charge is 0.336 e. The van der Waals surface area contributed by atoms with Crippen LogP contribution in [0.5, 0.6) is 0 Å². The molecular weight excluding hydrogens is 390 g/mol. The summed E-state index contributed by atoms with van der Waals surface area (Å²) in [5, 5.41) is 22.1. The molecule has 0 radical (unpaired) electrons. The first-order chi connectivity index (χ1) is 14.1. The van der Waals surface area contributed by atoms with Crippen molar-refractivity contribution in [3.63, 3.8) is 0 Å². The topological polar surface area (TPSA) is 109 Å². The molecule has 8 nitrogen and oxygen atoms in total. The summed E-state index contributed by atoms with van der Waals surface area (Å²) in [6, 6.07) is 16.1. The first-order valence-corrected chi connectivity index (χ1v) is 9.84. The minimum atomic E-state index is -1.05. The van der Waals surface area contributed by atoms with Crippen molar-refractivity contribution in [3.05, 3.63) is 65.7 Å². The van der Waals surface area contributed by atoms with Crippen LogP contribution in [0.25, 0.3) is 11.4 Å². The van der Waals surface area contributed by atoms with E-state index in [1.165, 1.54) is 24.0 Å². The lowest BCUT2D eigenvalue weighted by atomic mass is 10.1. The van der Waals surface area contributed by atoms with E-state index in [-0.39, 0.29) is 17.2 Å². The number of nitrogens with one attached hydrogen (secondary N) is 1. The van der Waals surface area contributed by atoms with Gasteiger partial charge >= 0.3 is 5.97 Å². The Kier molecular flexibility index (Phi) is 6.75. The average molecular weight is 409 g/mol. The van der Waals surface area contributed by atoms with E-state index < -0.39 is 5.97 Å². The second-order valence-corrected chi connectivity index (χ2v) is 6.83. The largest absolute Gasteiger partial charge is 0.478 e. The summed E-state index contributed by atoms with van der Waals surface area (Å²) in [6.07, 6.45) is 1.31. The molecule has 0 aliphatic carbocycles. The summed E-state index contributed by atoms with van der Waals surface area (Å²) in [5.74, 6) is -0.530. The van der Waals surface area contributed by atoms with Crippen molar-refractivity contribution in [2.45, 2.75) is 18.6 Å². The molecular formula is C20H19N5O3S. The average Bonchev–Trinajstić information content (AvgIpc) is 3.16. The molecule has 1 amide bonds. The van der Waals surface area contributed by atoms with Gasteiger partial charge < -0.3 is 9.67 Å². The van der Waals surface area contributed by atoms with E-state index in [9.17, 15) is 9.59 Å². The number of aromatic carboxylic acids is 1. The molecule has 2 N–H and O–H groups in total. The Bertz CT molecular complexity index is 1030. The van der Waals surface area contributed by atoms with Crippen molar-refractivity contribution in [2.75, 3.05) is 5.75 Å². The standard InChI is InChI=1S/C20H19N5O3S/c1-2-25-18(14-8-4-3-5-9-14)23-24-20(25)29-13-17(26)22-21-12-15-10-6-7-11-16(15)19(27)28/h3-12H,2,13H2,1H3,(H,22,26)(H,27,28).